The lowest BCUT2D eigenvalue weighted by molar-refractivity contribution is 0.685. The van der Waals surface area contributed by atoms with Crippen LogP contribution in [-0.4, -0.2) is 28.0 Å². The van der Waals surface area contributed by atoms with E-state index < -0.39 is 0 Å². The zero-order valence-corrected chi connectivity index (χ0v) is 18.3. The molecule has 0 amide bonds. The van der Waals surface area contributed by atoms with Crippen molar-refractivity contribution >= 4 is 5.82 Å². The molecule has 150 valence electrons. The molecule has 0 aliphatic carbocycles. The second-order valence-electron chi connectivity index (χ2n) is 6.59. The first kappa shape index (κ1) is 23.1. The first-order valence-electron chi connectivity index (χ1n) is 10.7. The highest BCUT2D eigenvalue weighted by atomic mass is 15.2. The summed E-state index contributed by atoms with van der Waals surface area (Å²) < 4.78 is 0. The number of pyridine rings is 1. The molecule has 0 N–H and O–H groups in total. The van der Waals surface area contributed by atoms with Crippen LogP contribution in [0.15, 0.2) is 24.4 Å². The minimum absolute atomic E-state index is 0.742. The van der Waals surface area contributed by atoms with Gasteiger partial charge in [-0.05, 0) is 44.7 Å². The monoisotopic (exact) mass is 370 g/mol. The first-order valence-corrected chi connectivity index (χ1v) is 10.7. The summed E-state index contributed by atoms with van der Waals surface area (Å²) >= 11 is 0. The number of aryl methyl sites for hydroxylation is 1. The summed E-state index contributed by atoms with van der Waals surface area (Å²) in [4.78, 5) is 16.7. The molecule has 2 aromatic heterocycles. The summed E-state index contributed by atoms with van der Waals surface area (Å²) in [6, 6.07) is 5.91. The molecule has 2 heterocycles. The van der Waals surface area contributed by atoms with Crippen molar-refractivity contribution in [3.05, 3.63) is 35.7 Å². The fourth-order valence-corrected chi connectivity index (χ4v) is 3.04. The zero-order valence-electron chi connectivity index (χ0n) is 18.3. The van der Waals surface area contributed by atoms with E-state index in [1.54, 1.807) is 6.20 Å². The van der Waals surface area contributed by atoms with Crippen molar-refractivity contribution in [2.24, 2.45) is 0 Å². The Morgan fingerprint density at radius 2 is 1.63 bits per heavy atom. The summed E-state index contributed by atoms with van der Waals surface area (Å²) in [5, 5.41) is 0. The van der Waals surface area contributed by atoms with Crippen LogP contribution >= 0.6 is 0 Å². The smallest absolute Gasteiger partial charge is 0.180 e. The van der Waals surface area contributed by atoms with Crippen molar-refractivity contribution in [2.45, 2.75) is 80.1 Å². The van der Waals surface area contributed by atoms with E-state index >= 15 is 0 Å². The molecule has 0 aliphatic rings. The van der Waals surface area contributed by atoms with Gasteiger partial charge in [-0.3, -0.25) is 4.98 Å². The predicted octanol–water partition coefficient (Wildman–Crippen LogP) is 6.23. The van der Waals surface area contributed by atoms with E-state index in [2.05, 4.69) is 37.6 Å². The lowest BCUT2D eigenvalue weighted by Crippen LogP contribution is -2.28. The molecule has 0 bridgehead atoms. The number of hydrogen-bond acceptors (Lipinski definition) is 4. The molecule has 0 unspecified atom stereocenters. The molecule has 4 heteroatoms. The molecule has 4 nitrogen and oxygen atoms in total. The van der Waals surface area contributed by atoms with Crippen LogP contribution in [0, 0.1) is 6.92 Å². The third kappa shape index (κ3) is 6.93. The quantitative estimate of drug-likeness (QED) is 0.497. The maximum atomic E-state index is 4.98. The SMILES string of the molecule is CC.CCCCc1c(C)nc(-c2ccccn2)nc1N(CCC)CCCC. The molecule has 0 aliphatic heterocycles. The molecule has 27 heavy (non-hydrogen) atoms. The van der Waals surface area contributed by atoms with Gasteiger partial charge in [-0.2, -0.15) is 0 Å². The second kappa shape index (κ2) is 13.2. The molecule has 0 spiro atoms. The summed E-state index contributed by atoms with van der Waals surface area (Å²) in [6.07, 6.45) is 8.72. The Hall–Kier alpha value is -1.97. The van der Waals surface area contributed by atoms with Crippen molar-refractivity contribution < 1.29 is 0 Å². The van der Waals surface area contributed by atoms with Gasteiger partial charge in [0.15, 0.2) is 5.82 Å². The van der Waals surface area contributed by atoms with Crippen molar-refractivity contribution in [1.29, 1.82) is 0 Å². The first-order chi connectivity index (χ1) is 13.2. The molecule has 0 radical (unpaired) electrons. The lowest BCUT2D eigenvalue weighted by atomic mass is 10.1. The van der Waals surface area contributed by atoms with Crippen LogP contribution in [0.3, 0.4) is 0 Å². The van der Waals surface area contributed by atoms with E-state index in [4.69, 9.17) is 9.97 Å². The topological polar surface area (TPSA) is 41.9 Å². The Labute approximate surface area is 166 Å². The Morgan fingerprint density at radius 3 is 2.22 bits per heavy atom. The van der Waals surface area contributed by atoms with Gasteiger partial charge in [0.05, 0.1) is 0 Å². The number of anilines is 1. The van der Waals surface area contributed by atoms with Gasteiger partial charge in [0.1, 0.15) is 11.5 Å². The van der Waals surface area contributed by atoms with E-state index in [0.717, 1.165) is 49.0 Å². The Bertz CT molecular complexity index is 640. The van der Waals surface area contributed by atoms with E-state index in [1.165, 1.54) is 31.2 Å². The minimum atomic E-state index is 0.742. The highest BCUT2D eigenvalue weighted by molar-refractivity contribution is 5.57. The van der Waals surface area contributed by atoms with Crippen molar-refractivity contribution in [3.8, 4) is 11.5 Å². The van der Waals surface area contributed by atoms with E-state index in [9.17, 15) is 0 Å². The third-order valence-corrected chi connectivity index (χ3v) is 4.44. The fourth-order valence-electron chi connectivity index (χ4n) is 3.04. The Kier molecular flexibility index (Phi) is 11.3. The van der Waals surface area contributed by atoms with Gasteiger partial charge in [0, 0.05) is 30.5 Å². The minimum Gasteiger partial charge on any atom is -0.356 e. The molecule has 0 atom stereocenters. The Morgan fingerprint density at radius 1 is 0.889 bits per heavy atom. The highest BCUT2D eigenvalue weighted by Crippen LogP contribution is 2.26. The second-order valence-corrected chi connectivity index (χ2v) is 6.59. The van der Waals surface area contributed by atoms with Crippen molar-refractivity contribution in [3.63, 3.8) is 0 Å². The van der Waals surface area contributed by atoms with Gasteiger partial charge in [-0.15, -0.1) is 0 Å². The van der Waals surface area contributed by atoms with E-state index in [-0.39, 0.29) is 0 Å². The number of unbranched alkanes of at least 4 members (excludes halogenated alkanes) is 2. The van der Waals surface area contributed by atoms with Crippen LogP contribution in [0.4, 0.5) is 5.82 Å². The number of hydrogen-bond donors (Lipinski definition) is 0. The molecule has 2 aromatic rings. The average Bonchev–Trinajstić information content (AvgIpc) is 2.72. The molecular weight excluding hydrogens is 332 g/mol. The van der Waals surface area contributed by atoms with E-state index in [0.29, 0.717) is 0 Å². The van der Waals surface area contributed by atoms with Crippen LogP contribution < -0.4 is 4.90 Å². The molecule has 0 saturated heterocycles. The van der Waals surface area contributed by atoms with Gasteiger partial charge < -0.3 is 4.90 Å². The normalized spacial score (nSPS) is 10.3. The fraction of sp³-hybridized carbons (Fsp3) is 0.609. The summed E-state index contributed by atoms with van der Waals surface area (Å²) in [7, 11) is 0. The zero-order chi connectivity index (χ0) is 20.1. The van der Waals surface area contributed by atoms with Crippen LogP contribution in [0.5, 0.6) is 0 Å². The van der Waals surface area contributed by atoms with Gasteiger partial charge in [-0.1, -0.05) is 53.5 Å². The summed E-state index contributed by atoms with van der Waals surface area (Å²) in [5.41, 5.74) is 3.25. The van der Waals surface area contributed by atoms with Gasteiger partial charge in [0.25, 0.3) is 0 Å². The Balaban J connectivity index is 0.00000176. The standard InChI is InChI=1S/C21H32N4.C2H6/c1-5-8-12-18-17(4)23-20(19-13-10-11-14-22-19)24-21(18)25(15-7-3)16-9-6-2;1-2/h10-11,13-14H,5-9,12,15-16H2,1-4H3;1-2H3. The van der Waals surface area contributed by atoms with Crippen molar-refractivity contribution in [1.82, 2.24) is 15.0 Å². The summed E-state index contributed by atoms with van der Waals surface area (Å²) in [5.74, 6) is 1.86. The average molecular weight is 371 g/mol. The maximum absolute atomic E-state index is 4.98. The predicted molar refractivity (Wildman–Crippen MR) is 117 cm³/mol. The largest absolute Gasteiger partial charge is 0.356 e. The third-order valence-electron chi connectivity index (χ3n) is 4.44. The van der Waals surface area contributed by atoms with Crippen LogP contribution in [0.2, 0.25) is 0 Å². The molecule has 0 aromatic carbocycles. The molecular formula is C23H38N4. The van der Waals surface area contributed by atoms with Crippen LogP contribution in [0.1, 0.15) is 78.0 Å². The van der Waals surface area contributed by atoms with Crippen LogP contribution in [-0.2, 0) is 6.42 Å². The number of rotatable bonds is 10. The molecule has 0 fully saturated rings. The van der Waals surface area contributed by atoms with Gasteiger partial charge >= 0.3 is 0 Å². The number of nitrogens with zero attached hydrogens (tertiary/aromatic N) is 4. The van der Waals surface area contributed by atoms with Crippen molar-refractivity contribution in [2.75, 3.05) is 18.0 Å². The lowest BCUT2D eigenvalue weighted by Gasteiger charge is -2.26. The number of aromatic nitrogens is 3. The molecule has 0 saturated carbocycles. The molecule has 2 rings (SSSR count). The van der Waals surface area contributed by atoms with Gasteiger partial charge in [0.2, 0.25) is 0 Å². The summed E-state index contributed by atoms with van der Waals surface area (Å²) in [6.45, 7) is 14.9. The highest BCUT2D eigenvalue weighted by Gasteiger charge is 2.18. The maximum Gasteiger partial charge on any atom is 0.180 e. The van der Waals surface area contributed by atoms with E-state index in [1.807, 2.05) is 32.0 Å². The van der Waals surface area contributed by atoms with Gasteiger partial charge in [-0.25, -0.2) is 9.97 Å². The van der Waals surface area contributed by atoms with Crippen LogP contribution in [0.25, 0.3) is 11.5 Å².